The zero-order chi connectivity index (χ0) is 8.72. The van der Waals surface area contributed by atoms with Crippen LogP contribution in [0, 0.1) is 10.6 Å². The summed E-state index contributed by atoms with van der Waals surface area (Å²) >= 11 is 8.18. The molecule has 12 heavy (non-hydrogen) atoms. The lowest BCUT2D eigenvalue weighted by atomic mass is 10.1. The van der Waals surface area contributed by atoms with Gasteiger partial charge in [0.05, 0.1) is 5.02 Å². The Morgan fingerprint density at radius 3 is 2.92 bits per heavy atom. The maximum Gasteiger partial charge on any atom is 0.112 e. The molecular weight excluding hydrogens is 286 g/mol. The van der Waals surface area contributed by atoms with E-state index < -0.39 is 0 Å². The van der Waals surface area contributed by atoms with Gasteiger partial charge in [-0.3, -0.25) is 5.10 Å². The molecule has 1 heterocycles. The predicted octanol–water partition coefficient (Wildman–Crippen LogP) is 3.13. The van der Waals surface area contributed by atoms with Crippen molar-refractivity contribution in [2.45, 2.75) is 6.92 Å². The second-order valence-electron chi connectivity index (χ2n) is 2.63. The van der Waals surface area contributed by atoms with Crippen molar-refractivity contribution in [3.05, 3.63) is 26.4 Å². The number of rotatable bonds is 0. The average molecular weight is 293 g/mol. The van der Waals surface area contributed by atoms with E-state index in [1.54, 1.807) is 0 Å². The van der Waals surface area contributed by atoms with Crippen LogP contribution in [0.15, 0.2) is 12.1 Å². The highest BCUT2D eigenvalue weighted by atomic mass is 127. The number of benzene rings is 1. The Morgan fingerprint density at radius 2 is 2.25 bits per heavy atom. The Morgan fingerprint density at radius 1 is 1.50 bits per heavy atom. The summed E-state index contributed by atoms with van der Waals surface area (Å²) in [4.78, 5) is 0. The number of nitrogens with one attached hydrogen (secondary N) is 1. The van der Waals surface area contributed by atoms with E-state index in [2.05, 4.69) is 39.7 Å². The standard InChI is InChI=1S/C8H6ClIN2/c1-4-2-3-5(9)7-6(4)8(10)12-11-7/h2-3H,1H3,(H,11,12). The minimum atomic E-state index is 0.703. The van der Waals surface area contributed by atoms with Gasteiger partial charge in [-0.15, -0.1) is 0 Å². The first-order valence-electron chi connectivity index (χ1n) is 3.49. The molecule has 2 nitrogen and oxygen atoms in total. The number of aryl methyl sites for hydroxylation is 1. The van der Waals surface area contributed by atoms with Gasteiger partial charge < -0.3 is 0 Å². The van der Waals surface area contributed by atoms with Crippen LogP contribution >= 0.6 is 34.2 Å². The molecule has 0 unspecified atom stereocenters. The van der Waals surface area contributed by atoms with E-state index in [1.165, 1.54) is 5.56 Å². The van der Waals surface area contributed by atoms with Gasteiger partial charge >= 0.3 is 0 Å². The van der Waals surface area contributed by atoms with Gasteiger partial charge in [-0.05, 0) is 41.1 Å². The molecule has 0 bridgehead atoms. The Balaban J connectivity index is 2.98. The van der Waals surface area contributed by atoms with E-state index in [-0.39, 0.29) is 0 Å². The lowest BCUT2D eigenvalue weighted by Gasteiger charge is -1.96. The quantitative estimate of drug-likeness (QED) is 0.743. The molecule has 0 radical (unpaired) electrons. The van der Waals surface area contributed by atoms with Crippen LogP contribution < -0.4 is 0 Å². The van der Waals surface area contributed by atoms with Crippen molar-refractivity contribution in [1.82, 2.24) is 10.2 Å². The molecule has 1 aromatic heterocycles. The fourth-order valence-corrected chi connectivity index (χ4v) is 2.22. The first kappa shape index (κ1) is 8.31. The highest BCUT2D eigenvalue weighted by Gasteiger charge is 2.07. The van der Waals surface area contributed by atoms with Gasteiger partial charge in [0.15, 0.2) is 0 Å². The van der Waals surface area contributed by atoms with Gasteiger partial charge in [0.1, 0.15) is 9.22 Å². The second-order valence-corrected chi connectivity index (χ2v) is 4.11. The number of aromatic amines is 1. The summed E-state index contributed by atoms with van der Waals surface area (Å²) in [6.07, 6.45) is 0. The summed E-state index contributed by atoms with van der Waals surface area (Å²) < 4.78 is 1.04. The van der Waals surface area contributed by atoms with Crippen molar-refractivity contribution in [2.24, 2.45) is 0 Å². The van der Waals surface area contributed by atoms with Gasteiger partial charge in [-0.2, -0.15) is 5.10 Å². The molecule has 0 spiro atoms. The molecule has 2 rings (SSSR count). The van der Waals surface area contributed by atoms with Gasteiger partial charge in [0.2, 0.25) is 0 Å². The first-order chi connectivity index (χ1) is 5.70. The van der Waals surface area contributed by atoms with Crippen LogP contribution in [-0.2, 0) is 0 Å². The van der Waals surface area contributed by atoms with Crippen LogP contribution in [0.4, 0.5) is 0 Å². The Kier molecular flexibility index (Phi) is 2.00. The van der Waals surface area contributed by atoms with Crippen molar-refractivity contribution >= 4 is 45.1 Å². The molecule has 0 atom stereocenters. The molecule has 62 valence electrons. The molecule has 1 N–H and O–H groups in total. The average Bonchev–Trinajstić information content (AvgIpc) is 2.42. The van der Waals surface area contributed by atoms with Gasteiger partial charge in [-0.1, -0.05) is 17.7 Å². The number of fused-ring (bicyclic) bond motifs is 1. The second kappa shape index (κ2) is 2.88. The first-order valence-corrected chi connectivity index (χ1v) is 4.94. The van der Waals surface area contributed by atoms with Crippen LogP contribution in [-0.4, -0.2) is 10.2 Å². The summed E-state index contributed by atoms with van der Waals surface area (Å²) in [7, 11) is 0. The molecular formula is C8H6ClIN2. The summed E-state index contributed by atoms with van der Waals surface area (Å²) in [5.74, 6) is 0. The SMILES string of the molecule is Cc1ccc(Cl)c2n[nH]c(I)c12. The van der Waals surface area contributed by atoms with Gasteiger partial charge in [0, 0.05) is 5.39 Å². The van der Waals surface area contributed by atoms with Crippen molar-refractivity contribution < 1.29 is 0 Å². The largest absolute Gasteiger partial charge is 0.271 e. The van der Waals surface area contributed by atoms with Crippen LogP contribution in [0.3, 0.4) is 0 Å². The lowest BCUT2D eigenvalue weighted by Crippen LogP contribution is -1.77. The number of halogens is 2. The van der Waals surface area contributed by atoms with E-state index in [9.17, 15) is 0 Å². The minimum Gasteiger partial charge on any atom is -0.271 e. The zero-order valence-electron chi connectivity index (χ0n) is 6.36. The topological polar surface area (TPSA) is 28.7 Å². The predicted molar refractivity (Wildman–Crippen MR) is 58.6 cm³/mol. The monoisotopic (exact) mass is 292 g/mol. The molecule has 0 aliphatic carbocycles. The maximum absolute atomic E-state index is 5.96. The lowest BCUT2D eigenvalue weighted by molar-refractivity contribution is 1.09. The maximum atomic E-state index is 5.96. The molecule has 0 aliphatic heterocycles. The van der Waals surface area contributed by atoms with Crippen molar-refractivity contribution in [2.75, 3.05) is 0 Å². The summed E-state index contributed by atoms with van der Waals surface area (Å²) in [5.41, 5.74) is 2.06. The number of nitrogens with zero attached hydrogens (tertiary/aromatic N) is 1. The molecule has 0 aliphatic rings. The molecule has 1 aromatic carbocycles. The smallest absolute Gasteiger partial charge is 0.112 e. The van der Waals surface area contributed by atoms with Gasteiger partial charge in [-0.25, -0.2) is 0 Å². The fraction of sp³-hybridized carbons (Fsp3) is 0.125. The Labute approximate surface area is 88.4 Å². The summed E-state index contributed by atoms with van der Waals surface area (Å²) in [6.45, 7) is 2.05. The Bertz CT molecular complexity index is 436. The highest BCUT2D eigenvalue weighted by Crippen LogP contribution is 2.27. The number of hydrogen-bond acceptors (Lipinski definition) is 1. The minimum absolute atomic E-state index is 0.703. The third kappa shape index (κ3) is 1.11. The van der Waals surface area contributed by atoms with Crippen molar-refractivity contribution in [3.63, 3.8) is 0 Å². The molecule has 4 heteroatoms. The van der Waals surface area contributed by atoms with Crippen LogP contribution in [0.1, 0.15) is 5.56 Å². The van der Waals surface area contributed by atoms with Crippen LogP contribution in [0.25, 0.3) is 10.9 Å². The van der Waals surface area contributed by atoms with E-state index in [4.69, 9.17) is 11.6 Å². The highest BCUT2D eigenvalue weighted by molar-refractivity contribution is 14.1. The Hall–Kier alpha value is -0.290. The molecule has 0 saturated carbocycles. The van der Waals surface area contributed by atoms with Crippen LogP contribution in [0.5, 0.6) is 0 Å². The normalized spacial score (nSPS) is 10.9. The molecule has 0 amide bonds. The van der Waals surface area contributed by atoms with Crippen LogP contribution in [0.2, 0.25) is 5.02 Å². The molecule has 2 aromatic rings. The number of H-pyrrole nitrogens is 1. The fourth-order valence-electron chi connectivity index (χ4n) is 1.21. The van der Waals surface area contributed by atoms with E-state index in [0.717, 1.165) is 14.6 Å². The van der Waals surface area contributed by atoms with E-state index >= 15 is 0 Å². The molecule has 0 saturated heterocycles. The van der Waals surface area contributed by atoms with E-state index in [1.807, 2.05) is 12.1 Å². The molecule has 0 fully saturated rings. The summed E-state index contributed by atoms with van der Waals surface area (Å²) in [5, 5.41) is 8.86. The van der Waals surface area contributed by atoms with E-state index in [0.29, 0.717) is 5.02 Å². The summed E-state index contributed by atoms with van der Waals surface area (Å²) in [6, 6.07) is 3.87. The van der Waals surface area contributed by atoms with Gasteiger partial charge in [0.25, 0.3) is 0 Å². The zero-order valence-corrected chi connectivity index (χ0v) is 9.27. The third-order valence-corrected chi connectivity index (χ3v) is 2.91. The number of hydrogen-bond donors (Lipinski definition) is 1. The number of aromatic nitrogens is 2. The van der Waals surface area contributed by atoms with Crippen molar-refractivity contribution in [1.29, 1.82) is 0 Å². The third-order valence-electron chi connectivity index (χ3n) is 1.82. The van der Waals surface area contributed by atoms with Crippen molar-refractivity contribution in [3.8, 4) is 0 Å².